The van der Waals surface area contributed by atoms with E-state index in [0.717, 1.165) is 47.8 Å². The van der Waals surface area contributed by atoms with Gasteiger partial charge in [0.2, 0.25) is 0 Å². The van der Waals surface area contributed by atoms with Crippen LogP contribution >= 0.6 is 0 Å². The minimum atomic E-state index is -0.495. The van der Waals surface area contributed by atoms with Crippen LogP contribution in [0.4, 0.5) is 0 Å². The molecule has 1 N–H and O–H groups in total. The average molecular weight is 431 g/mol. The van der Waals surface area contributed by atoms with E-state index < -0.39 is 5.60 Å². The van der Waals surface area contributed by atoms with Crippen molar-refractivity contribution in [2.24, 2.45) is 34.5 Å². The standard InChI is InChI=1S/C27H34N4O/c1-25-14-16-15-29-24-19-5-4-12-28-23(19)30-31(24)22(16)13-17(25)6-7-18-20(25)8-10-26(2)21(18)9-11-27(26,3)32/h4-5,12,15,17-18,20-21,32H,6-11,13-14H2,1-3H3/t17-,18+,20-,21-,25-,26-,27-/m1/s1. The zero-order valence-electron chi connectivity index (χ0n) is 19.5. The minimum absolute atomic E-state index is 0.0970. The first-order chi connectivity index (χ1) is 15.3. The van der Waals surface area contributed by atoms with Crippen molar-refractivity contribution in [2.45, 2.75) is 77.7 Å². The van der Waals surface area contributed by atoms with E-state index in [2.05, 4.69) is 42.5 Å². The summed E-state index contributed by atoms with van der Waals surface area (Å²) in [4.78, 5) is 9.34. The minimum Gasteiger partial charge on any atom is -0.390 e. The van der Waals surface area contributed by atoms with Crippen molar-refractivity contribution in [3.8, 4) is 0 Å². The molecule has 5 heteroatoms. The van der Waals surface area contributed by atoms with E-state index in [-0.39, 0.29) is 5.41 Å². The zero-order valence-corrected chi connectivity index (χ0v) is 19.5. The SMILES string of the molecule is C[C@@]12Cc3cnc4c5cccnc5nn4c3C[C@H]1CC[C@H]1[C@H]2CC[C@]2(C)[C@@H]1CC[C@@]2(C)O. The molecule has 0 bridgehead atoms. The Bertz CT molecular complexity index is 1250. The number of nitrogens with zero attached hydrogens (tertiary/aromatic N) is 4. The van der Waals surface area contributed by atoms with Gasteiger partial charge in [0.15, 0.2) is 11.3 Å². The van der Waals surface area contributed by atoms with Crippen molar-refractivity contribution in [3.63, 3.8) is 0 Å². The summed E-state index contributed by atoms with van der Waals surface area (Å²) < 4.78 is 2.10. The van der Waals surface area contributed by atoms with E-state index in [9.17, 15) is 5.11 Å². The molecule has 168 valence electrons. The molecule has 3 saturated carbocycles. The van der Waals surface area contributed by atoms with Gasteiger partial charge in [-0.3, -0.25) is 0 Å². The van der Waals surface area contributed by atoms with Crippen molar-refractivity contribution in [1.82, 2.24) is 19.6 Å². The highest BCUT2D eigenvalue weighted by atomic mass is 16.3. The smallest absolute Gasteiger partial charge is 0.183 e. The number of hydrogen-bond acceptors (Lipinski definition) is 4. The van der Waals surface area contributed by atoms with Crippen molar-refractivity contribution in [2.75, 3.05) is 0 Å². The van der Waals surface area contributed by atoms with E-state index in [1.807, 2.05) is 12.3 Å². The second kappa shape index (κ2) is 6.11. The van der Waals surface area contributed by atoms with Gasteiger partial charge in [-0.25, -0.2) is 14.5 Å². The zero-order chi connectivity index (χ0) is 21.9. The van der Waals surface area contributed by atoms with Gasteiger partial charge in [-0.05, 0) is 110 Å². The largest absolute Gasteiger partial charge is 0.390 e. The Kier molecular flexibility index (Phi) is 3.71. The van der Waals surface area contributed by atoms with Crippen LogP contribution in [0.15, 0.2) is 24.5 Å². The summed E-state index contributed by atoms with van der Waals surface area (Å²) in [6.45, 7) is 7.08. The molecule has 0 aliphatic heterocycles. The first-order valence-electron chi connectivity index (χ1n) is 12.6. The van der Waals surface area contributed by atoms with Gasteiger partial charge in [0.1, 0.15) is 0 Å². The van der Waals surface area contributed by atoms with E-state index >= 15 is 0 Å². The lowest BCUT2D eigenvalue weighted by molar-refractivity contribution is -0.139. The van der Waals surface area contributed by atoms with Crippen LogP contribution in [0, 0.1) is 34.5 Å². The Morgan fingerprint density at radius 3 is 2.75 bits per heavy atom. The fraction of sp³-hybridized carbons (Fsp3) is 0.667. The van der Waals surface area contributed by atoms with E-state index in [1.165, 1.54) is 43.4 Å². The third kappa shape index (κ3) is 2.26. The summed E-state index contributed by atoms with van der Waals surface area (Å²) in [5, 5.41) is 17.1. The predicted octanol–water partition coefficient (Wildman–Crippen LogP) is 4.99. The van der Waals surface area contributed by atoms with Crippen LogP contribution in [-0.2, 0) is 12.8 Å². The Morgan fingerprint density at radius 2 is 1.88 bits per heavy atom. The predicted molar refractivity (Wildman–Crippen MR) is 124 cm³/mol. The number of fused-ring (bicyclic) bond motifs is 10. The lowest BCUT2D eigenvalue weighted by Gasteiger charge is -2.61. The van der Waals surface area contributed by atoms with Gasteiger partial charge in [0, 0.05) is 18.1 Å². The molecule has 3 heterocycles. The molecular formula is C27H34N4O. The van der Waals surface area contributed by atoms with Crippen molar-refractivity contribution in [1.29, 1.82) is 0 Å². The fourth-order valence-corrected chi connectivity index (χ4v) is 8.97. The lowest BCUT2D eigenvalue weighted by atomic mass is 9.44. The molecule has 3 aromatic rings. The summed E-state index contributed by atoms with van der Waals surface area (Å²) in [5.41, 5.74) is 4.42. The average Bonchev–Trinajstić information content (AvgIpc) is 3.26. The second-order valence-electron chi connectivity index (χ2n) is 12.1. The Hall–Kier alpha value is -2.01. The molecule has 0 saturated heterocycles. The third-order valence-corrected chi connectivity index (χ3v) is 11.0. The van der Waals surface area contributed by atoms with Gasteiger partial charge < -0.3 is 5.11 Å². The summed E-state index contributed by atoms with van der Waals surface area (Å²) in [5.74, 6) is 2.90. The molecule has 0 unspecified atom stereocenters. The van der Waals surface area contributed by atoms with Crippen LogP contribution in [0.2, 0.25) is 0 Å². The maximum atomic E-state index is 11.2. The molecular weight excluding hydrogens is 396 g/mol. The first-order valence-corrected chi connectivity index (χ1v) is 12.6. The summed E-state index contributed by atoms with van der Waals surface area (Å²) in [6, 6.07) is 4.05. The van der Waals surface area contributed by atoms with Crippen molar-refractivity contribution in [3.05, 3.63) is 35.8 Å². The van der Waals surface area contributed by atoms with Crippen LogP contribution in [0.25, 0.3) is 16.7 Å². The quantitative estimate of drug-likeness (QED) is 0.546. The van der Waals surface area contributed by atoms with Crippen molar-refractivity contribution < 1.29 is 5.11 Å². The maximum absolute atomic E-state index is 11.2. The van der Waals surface area contributed by atoms with Gasteiger partial charge in [-0.15, -0.1) is 5.10 Å². The topological polar surface area (TPSA) is 63.3 Å². The molecule has 0 spiro atoms. The molecule has 0 aromatic carbocycles. The highest BCUT2D eigenvalue weighted by Gasteiger charge is 2.63. The number of pyridine rings is 1. The summed E-state index contributed by atoms with van der Waals surface area (Å²) in [7, 11) is 0. The van der Waals surface area contributed by atoms with Gasteiger partial charge in [0.05, 0.1) is 11.0 Å². The van der Waals surface area contributed by atoms with Gasteiger partial charge in [-0.2, -0.15) is 0 Å². The highest BCUT2D eigenvalue weighted by Crippen LogP contribution is 2.67. The van der Waals surface area contributed by atoms with E-state index in [4.69, 9.17) is 10.1 Å². The summed E-state index contributed by atoms with van der Waals surface area (Å²) >= 11 is 0. The first kappa shape index (κ1) is 19.5. The molecule has 4 aliphatic rings. The van der Waals surface area contributed by atoms with Gasteiger partial charge in [0.25, 0.3) is 0 Å². The monoisotopic (exact) mass is 430 g/mol. The van der Waals surface area contributed by atoms with Crippen LogP contribution in [0.3, 0.4) is 0 Å². The van der Waals surface area contributed by atoms with E-state index in [1.54, 1.807) is 0 Å². The van der Waals surface area contributed by atoms with Crippen molar-refractivity contribution >= 4 is 16.7 Å². The van der Waals surface area contributed by atoms with E-state index in [0.29, 0.717) is 17.3 Å². The Labute approximate surface area is 189 Å². The number of hydrogen-bond donors (Lipinski definition) is 1. The van der Waals surface area contributed by atoms with Crippen LogP contribution in [-0.4, -0.2) is 30.3 Å². The van der Waals surface area contributed by atoms with Gasteiger partial charge in [-0.1, -0.05) is 13.8 Å². The van der Waals surface area contributed by atoms with Crippen LogP contribution < -0.4 is 0 Å². The molecule has 0 amide bonds. The molecule has 5 nitrogen and oxygen atoms in total. The van der Waals surface area contributed by atoms with Gasteiger partial charge >= 0.3 is 0 Å². The second-order valence-corrected chi connectivity index (χ2v) is 12.1. The molecule has 3 aromatic heterocycles. The lowest BCUT2D eigenvalue weighted by Crippen LogP contribution is -2.56. The Morgan fingerprint density at radius 1 is 1.03 bits per heavy atom. The normalized spacial score (nSPS) is 43.0. The van der Waals surface area contributed by atoms with Crippen LogP contribution in [0.1, 0.15) is 70.6 Å². The number of aliphatic hydroxyl groups is 1. The molecule has 7 rings (SSSR count). The third-order valence-electron chi connectivity index (χ3n) is 11.0. The highest BCUT2D eigenvalue weighted by molar-refractivity contribution is 5.89. The molecule has 3 fully saturated rings. The Balaban J connectivity index is 1.29. The summed E-state index contributed by atoms with van der Waals surface area (Å²) in [6.07, 6.45) is 13.4. The molecule has 7 atom stereocenters. The number of rotatable bonds is 0. The maximum Gasteiger partial charge on any atom is 0.183 e. The molecule has 4 aliphatic carbocycles. The number of aromatic nitrogens is 4. The van der Waals surface area contributed by atoms with Crippen LogP contribution in [0.5, 0.6) is 0 Å². The molecule has 32 heavy (non-hydrogen) atoms. The molecule has 0 radical (unpaired) electrons. The fourth-order valence-electron chi connectivity index (χ4n) is 8.97.